The molecule has 1 aromatic heterocycles. The lowest BCUT2D eigenvalue weighted by molar-refractivity contribution is -0.138. The van der Waals surface area contributed by atoms with Gasteiger partial charge in [-0.05, 0) is 49.1 Å². The van der Waals surface area contributed by atoms with Gasteiger partial charge in [0, 0.05) is 35.3 Å². The summed E-state index contributed by atoms with van der Waals surface area (Å²) in [5, 5.41) is 6.91. The fourth-order valence-electron chi connectivity index (χ4n) is 6.41. The molecule has 0 radical (unpaired) electrons. The van der Waals surface area contributed by atoms with Crippen molar-refractivity contribution in [1.82, 2.24) is 10.2 Å². The minimum absolute atomic E-state index is 0.0206. The molecule has 2 amide bonds. The Kier molecular flexibility index (Phi) is 5.80. The molecule has 6 nitrogen and oxygen atoms in total. The Morgan fingerprint density at radius 2 is 1.74 bits per heavy atom. The highest BCUT2D eigenvalue weighted by molar-refractivity contribution is 5.94. The van der Waals surface area contributed by atoms with Crippen LogP contribution in [0.2, 0.25) is 0 Å². The van der Waals surface area contributed by atoms with E-state index in [9.17, 15) is 9.59 Å². The second kappa shape index (κ2) is 9.25. The Morgan fingerprint density at radius 1 is 0.943 bits per heavy atom. The van der Waals surface area contributed by atoms with Crippen LogP contribution in [-0.2, 0) is 4.79 Å². The summed E-state index contributed by atoms with van der Waals surface area (Å²) in [6.07, 6.45) is 8.16. The molecule has 2 N–H and O–H groups in total. The third kappa shape index (κ3) is 4.01. The SMILES string of the molecule is O=C(NC1CCCC[C@@H]1C(=O)N1CC[C@H]2[C@@H](c3ccoc3)Nc3ccccc3[C@H]21)c1ccccc1. The van der Waals surface area contributed by atoms with Crippen LogP contribution in [0.25, 0.3) is 0 Å². The van der Waals surface area contributed by atoms with Gasteiger partial charge in [-0.15, -0.1) is 0 Å². The van der Waals surface area contributed by atoms with Crippen molar-refractivity contribution in [1.29, 1.82) is 0 Å². The zero-order valence-corrected chi connectivity index (χ0v) is 19.7. The molecule has 0 spiro atoms. The topological polar surface area (TPSA) is 74.6 Å². The van der Waals surface area contributed by atoms with Crippen molar-refractivity contribution < 1.29 is 14.0 Å². The number of nitrogens with zero attached hydrogens (tertiary/aromatic N) is 1. The van der Waals surface area contributed by atoms with Gasteiger partial charge in [0.05, 0.1) is 30.5 Å². The number of rotatable bonds is 4. The number of likely N-dealkylation sites (tertiary alicyclic amines) is 1. The lowest BCUT2D eigenvalue weighted by Gasteiger charge is -2.41. The molecular weight excluding hydrogens is 438 g/mol. The molecule has 6 heteroatoms. The average Bonchev–Trinajstić information content (AvgIpc) is 3.60. The van der Waals surface area contributed by atoms with Crippen LogP contribution in [0.15, 0.2) is 77.6 Å². The molecule has 3 heterocycles. The average molecular weight is 470 g/mol. The number of furan rings is 1. The van der Waals surface area contributed by atoms with Crippen molar-refractivity contribution in [2.45, 2.75) is 50.2 Å². The van der Waals surface area contributed by atoms with Crippen LogP contribution >= 0.6 is 0 Å². The molecule has 2 aliphatic heterocycles. The van der Waals surface area contributed by atoms with E-state index in [2.05, 4.69) is 33.7 Å². The first-order valence-corrected chi connectivity index (χ1v) is 12.7. The molecule has 0 bridgehead atoms. The minimum Gasteiger partial charge on any atom is -0.472 e. The Hall–Kier alpha value is -3.54. The molecule has 180 valence electrons. The highest BCUT2D eigenvalue weighted by Crippen LogP contribution is 2.51. The summed E-state index contributed by atoms with van der Waals surface area (Å²) in [5.41, 5.74) is 4.02. The van der Waals surface area contributed by atoms with Gasteiger partial charge in [0.15, 0.2) is 0 Å². The van der Waals surface area contributed by atoms with Crippen molar-refractivity contribution in [2.75, 3.05) is 11.9 Å². The third-order valence-electron chi connectivity index (χ3n) is 8.08. The zero-order valence-electron chi connectivity index (χ0n) is 19.7. The fraction of sp³-hybridized carbons (Fsp3) is 0.379. The Labute approximate surface area is 205 Å². The number of hydrogen-bond acceptors (Lipinski definition) is 4. The van der Waals surface area contributed by atoms with Crippen LogP contribution in [0.5, 0.6) is 0 Å². The number of anilines is 1. The zero-order chi connectivity index (χ0) is 23.8. The van der Waals surface area contributed by atoms with E-state index in [-0.39, 0.29) is 41.8 Å². The van der Waals surface area contributed by atoms with Gasteiger partial charge in [-0.2, -0.15) is 0 Å². The molecule has 6 rings (SSSR count). The summed E-state index contributed by atoms with van der Waals surface area (Å²) in [5.74, 6) is 0.164. The molecule has 2 fully saturated rings. The summed E-state index contributed by atoms with van der Waals surface area (Å²) in [6, 6.07) is 19.6. The Morgan fingerprint density at radius 3 is 2.57 bits per heavy atom. The molecule has 3 aromatic rings. The molecular formula is C29H31N3O3. The van der Waals surface area contributed by atoms with Crippen LogP contribution in [0.1, 0.15) is 65.7 Å². The lowest BCUT2D eigenvalue weighted by Crippen LogP contribution is -2.50. The second-order valence-corrected chi connectivity index (χ2v) is 10.0. The summed E-state index contributed by atoms with van der Waals surface area (Å²) in [6.45, 7) is 0.731. The minimum atomic E-state index is -0.190. The van der Waals surface area contributed by atoms with Crippen LogP contribution in [0.3, 0.4) is 0 Å². The summed E-state index contributed by atoms with van der Waals surface area (Å²) in [4.78, 5) is 29.1. The first-order valence-electron chi connectivity index (χ1n) is 12.7. The predicted octanol–water partition coefficient (Wildman–Crippen LogP) is 5.32. The summed E-state index contributed by atoms with van der Waals surface area (Å²) < 4.78 is 5.40. The number of para-hydroxylation sites is 1. The van der Waals surface area contributed by atoms with E-state index < -0.39 is 0 Å². The van der Waals surface area contributed by atoms with Crippen molar-refractivity contribution in [3.8, 4) is 0 Å². The van der Waals surface area contributed by atoms with Crippen molar-refractivity contribution >= 4 is 17.5 Å². The monoisotopic (exact) mass is 469 g/mol. The quantitative estimate of drug-likeness (QED) is 0.542. The molecule has 35 heavy (non-hydrogen) atoms. The Balaban J connectivity index is 1.27. The van der Waals surface area contributed by atoms with Gasteiger partial charge in [-0.25, -0.2) is 0 Å². The second-order valence-electron chi connectivity index (χ2n) is 10.0. The number of carbonyl (C=O) groups is 2. The molecule has 1 saturated heterocycles. The largest absolute Gasteiger partial charge is 0.472 e. The smallest absolute Gasteiger partial charge is 0.251 e. The molecule has 5 atom stereocenters. The maximum absolute atomic E-state index is 14.1. The lowest BCUT2D eigenvalue weighted by atomic mass is 9.79. The van der Waals surface area contributed by atoms with E-state index in [0.29, 0.717) is 5.56 Å². The van der Waals surface area contributed by atoms with Crippen LogP contribution in [0.4, 0.5) is 5.69 Å². The van der Waals surface area contributed by atoms with Crippen molar-refractivity contribution in [2.24, 2.45) is 11.8 Å². The number of benzene rings is 2. The number of amides is 2. The first-order chi connectivity index (χ1) is 17.2. The third-order valence-corrected chi connectivity index (χ3v) is 8.08. The normalized spacial score (nSPS) is 27.4. The number of nitrogens with one attached hydrogen (secondary N) is 2. The van der Waals surface area contributed by atoms with Crippen LogP contribution in [-0.4, -0.2) is 29.3 Å². The van der Waals surface area contributed by atoms with Crippen molar-refractivity contribution in [3.63, 3.8) is 0 Å². The van der Waals surface area contributed by atoms with Gasteiger partial charge in [0.1, 0.15) is 0 Å². The highest BCUT2D eigenvalue weighted by atomic mass is 16.3. The van der Waals surface area contributed by atoms with E-state index in [0.717, 1.165) is 49.9 Å². The van der Waals surface area contributed by atoms with E-state index >= 15 is 0 Å². The molecule has 1 unspecified atom stereocenters. The van der Waals surface area contributed by atoms with Crippen LogP contribution < -0.4 is 10.6 Å². The number of carbonyl (C=O) groups excluding carboxylic acids is 2. The fourth-order valence-corrected chi connectivity index (χ4v) is 6.41. The summed E-state index contributed by atoms with van der Waals surface area (Å²) in [7, 11) is 0. The molecule has 2 aromatic carbocycles. The van der Waals surface area contributed by atoms with E-state index in [1.807, 2.05) is 48.7 Å². The first kappa shape index (κ1) is 22.0. The maximum atomic E-state index is 14.1. The van der Waals surface area contributed by atoms with E-state index in [1.165, 1.54) is 5.56 Å². The van der Waals surface area contributed by atoms with Gasteiger partial charge >= 0.3 is 0 Å². The number of fused-ring (bicyclic) bond motifs is 3. The van der Waals surface area contributed by atoms with Crippen LogP contribution in [0, 0.1) is 11.8 Å². The van der Waals surface area contributed by atoms with Gasteiger partial charge < -0.3 is 20.0 Å². The standard InChI is InChI=1S/C29H31N3O3/c33-28(19-8-2-1-3-9-19)31-25-13-7-5-11-22(25)29(34)32-16-14-23-26(20-15-17-35-18-20)30-24-12-6-4-10-21(24)27(23)32/h1-4,6,8-10,12,15,17-18,22-23,25-27,30H,5,7,11,13-14,16H2,(H,31,33)/t22-,23-,25?,26+,27+/m0/s1. The van der Waals surface area contributed by atoms with Gasteiger partial charge in [0.2, 0.25) is 5.91 Å². The number of hydrogen-bond donors (Lipinski definition) is 2. The van der Waals surface area contributed by atoms with E-state index in [1.54, 1.807) is 6.26 Å². The van der Waals surface area contributed by atoms with E-state index in [4.69, 9.17) is 4.42 Å². The predicted molar refractivity (Wildman–Crippen MR) is 134 cm³/mol. The van der Waals surface area contributed by atoms with Crippen molar-refractivity contribution in [3.05, 3.63) is 89.9 Å². The molecule has 3 aliphatic rings. The Bertz CT molecular complexity index is 1190. The summed E-state index contributed by atoms with van der Waals surface area (Å²) >= 11 is 0. The van der Waals surface area contributed by atoms with Gasteiger partial charge in [0.25, 0.3) is 5.91 Å². The van der Waals surface area contributed by atoms with Gasteiger partial charge in [-0.3, -0.25) is 9.59 Å². The highest BCUT2D eigenvalue weighted by Gasteiger charge is 2.48. The molecule has 1 aliphatic carbocycles. The maximum Gasteiger partial charge on any atom is 0.251 e. The van der Waals surface area contributed by atoms with Gasteiger partial charge in [-0.1, -0.05) is 49.2 Å². The molecule has 1 saturated carbocycles.